The summed E-state index contributed by atoms with van der Waals surface area (Å²) in [6.07, 6.45) is -6.14. The molecule has 0 aliphatic heterocycles. The average molecular weight is 255 g/mol. The van der Waals surface area contributed by atoms with Crippen molar-refractivity contribution < 1.29 is 27.5 Å². The first kappa shape index (κ1) is 15.7. The number of alkyl halides is 3. The van der Waals surface area contributed by atoms with Gasteiger partial charge in [0.05, 0.1) is 6.61 Å². The van der Waals surface area contributed by atoms with Crippen LogP contribution in [0.3, 0.4) is 0 Å². The predicted molar refractivity (Wildman–Crippen MR) is 54.2 cm³/mol. The highest BCUT2D eigenvalue weighted by Gasteiger charge is 2.34. The Morgan fingerprint density at radius 1 is 1.29 bits per heavy atom. The van der Waals surface area contributed by atoms with E-state index in [1.54, 1.807) is 6.92 Å². The first-order chi connectivity index (χ1) is 7.67. The molecule has 0 N–H and O–H groups in total. The number of hydrogen-bond donors (Lipinski definition) is 0. The first-order valence-corrected chi connectivity index (χ1v) is 5.19. The molecule has 0 saturated heterocycles. The molecule has 0 fully saturated rings. The molecule has 1 amide bonds. The Morgan fingerprint density at radius 2 is 1.82 bits per heavy atom. The van der Waals surface area contributed by atoms with Gasteiger partial charge in [-0.2, -0.15) is 13.2 Å². The second-order valence-corrected chi connectivity index (χ2v) is 3.71. The zero-order chi connectivity index (χ0) is 13.6. The number of halogens is 3. The van der Waals surface area contributed by atoms with E-state index in [0.29, 0.717) is 0 Å². The highest BCUT2D eigenvalue weighted by molar-refractivity contribution is 5.82. The number of nitrogens with zero attached hydrogens (tertiary/aromatic N) is 1. The summed E-state index contributed by atoms with van der Waals surface area (Å²) in [7, 11) is 0. The molecule has 0 heterocycles. The van der Waals surface area contributed by atoms with Crippen molar-refractivity contribution in [2.24, 2.45) is 0 Å². The monoisotopic (exact) mass is 255 g/mol. The van der Waals surface area contributed by atoms with Gasteiger partial charge in [-0.15, -0.1) is 0 Å². The van der Waals surface area contributed by atoms with Crippen LogP contribution in [-0.2, 0) is 14.3 Å². The van der Waals surface area contributed by atoms with E-state index >= 15 is 0 Å². The standard InChI is InChI=1S/C10H16F3NO3/c1-4-17-9(16)6-14(7(2)3)8(15)5-10(11,12)13/h7H,4-6H2,1-3H3. The van der Waals surface area contributed by atoms with Gasteiger partial charge in [-0.3, -0.25) is 9.59 Å². The van der Waals surface area contributed by atoms with Crippen molar-refractivity contribution in [3.63, 3.8) is 0 Å². The molecule has 4 nitrogen and oxygen atoms in total. The smallest absolute Gasteiger partial charge is 0.397 e. The van der Waals surface area contributed by atoms with E-state index < -0.39 is 37.1 Å². The number of amides is 1. The molecule has 0 aliphatic rings. The molecular formula is C10H16F3NO3. The molecule has 0 saturated carbocycles. The summed E-state index contributed by atoms with van der Waals surface area (Å²) in [6, 6.07) is -0.491. The van der Waals surface area contributed by atoms with Crippen molar-refractivity contribution in [2.75, 3.05) is 13.2 Å². The minimum absolute atomic E-state index is 0.123. The molecule has 17 heavy (non-hydrogen) atoms. The molecule has 0 rings (SSSR count). The van der Waals surface area contributed by atoms with E-state index in [1.165, 1.54) is 13.8 Å². The molecule has 0 unspecified atom stereocenters. The Bertz CT molecular complexity index is 276. The summed E-state index contributed by atoms with van der Waals surface area (Å²) in [5, 5.41) is 0. The fourth-order valence-electron chi connectivity index (χ4n) is 1.18. The van der Waals surface area contributed by atoms with Gasteiger partial charge in [-0.1, -0.05) is 0 Å². The lowest BCUT2D eigenvalue weighted by molar-refractivity contribution is -0.166. The van der Waals surface area contributed by atoms with Crippen LogP contribution in [0.25, 0.3) is 0 Å². The average Bonchev–Trinajstić information content (AvgIpc) is 2.11. The normalized spacial score (nSPS) is 11.5. The number of carbonyl (C=O) groups is 2. The molecule has 0 bridgehead atoms. The van der Waals surface area contributed by atoms with Crippen molar-refractivity contribution in [1.29, 1.82) is 0 Å². The van der Waals surface area contributed by atoms with Crippen LogP contribution in [0.5, 0.6) is 0 Å². The number of hydrogen-bond acceptors (Lipinski definition) is 3. The van der Waals surface area contributed by atoms with Gasteiger partial charge in [0.15, 0.2) is 0 Å². The van der Waals surface area contributed by atoms with E-state index in [4.69, 9.17) is 0 Å². The van der Waals surface area contributed by atoms with Crippen LogP contribution < -0.4 is 0 Å². The molecule has 0 radical (unpaired) electrons. The summed E-state index contributed by atoms with van der Waals surface area (Å²) >= 11 is 0. The van der Waals surface area contributed by atoms with Crippen molar-refractivity contribution in [3.05, 3.63) is 0 Å². The number of carbonyl (C=O) groups excluding carboxylic acids is 2. The third kappa shape index (κ3) is 6.80. The van der Waals surface area contributed by atoms with E-state index in [1.807, 2.05) is 0 Å². The minimum atomic E-state index is -4.57. The quantitative estimate of drug-likeness (QED) is 0.703. The van der Waals surface area contributed by atoms with E-state index in [2.05, 4.69) is 4.74 Å². The molecule has 0 aromatic heterocycles. The van der Waals surface area contributed by atoms with Crippen LogP contribution in [-0.4, -0.2) is 42.1 Å². The van der Waals surface area contributed by atoms with Gasteiger partial charge < -0.3 is 9.64 Å². The number of ether oxygens (including phenoxy) is 1. The topological polar surface area (TPSA) is 46.6 Å². The largest absolute Gasteiger partial charge is 0.465 e. The fraction of sp³-hybridized carbons (Fsp3) is 0.800. The second-order valence-electron chi connectivity index (χ2n) is 3.71. The maximum atomic E-state index is 12.1. The Kier molecular flexibility index (Phi) is 5.98. The van der Waals surface area contributed by atoms with Crippen LogP contribution in [0.4, 0.5) is 13.2 Å². The number of esters is 1. The lowest BCUT2D eigenvalue weighted by Gasteiger charge is -2.26. The summed E-state index contributed by atoms with van der Waals surface area (Å²) < 4.78 is 40.7. The lowest BCUT2D eigenvalue weighted by atomic mass is 10.2. The van der Waals surface area contributed by atoms with Gasteiger partial charge in [-0.25, -0.2) is 0 Å². The molecule has 0 aliphatic carbocycles. The molecular weight excluding hydrogens is 239 g/mol. The Morgan fingerprint density at radius 3 is 2.18 bits per heavy atom. The zero-order valence-corrected chi connectivity index (χ0v) is 10.0. The van der Waals surface area contributed by atoms with E-state index in [9.17, 15) is 22.8 Å². The van der Waals surface area contributed by atoms with Crippen LogP contribution >= 0.6 is 0 Å². The number of rotatable bonds is 5. The van der Waals surface area contributed by atoms with Crippen LogP contribution in [0, 0.1) is 0 Å². The van der Waals surface area contributed by atoms with E-state index in [-0.39, 0.29) is 6.61 Å². The predicted octanol–water partition coefficient (Wildman–Crippen LogP) is 1.74. The molecule has 100 valence electrons. The van der Waals surface area contributed by atoms with Gasteiger partial charge in [0.25, 0.3) is 0 Å². The summed E-state index contributed by atoms with van der Waals surface area (Å²) in [6.45, 7) is 4.31. The van der Waals surface area contributed by atoms with E-state index in [0.717, 1.165) is 4.90 Å². The SMILES string of the molecule is CCOC(=O)CN(C(=O)CC(F)(F)F)C(C)C. The minimum Gasteiger partial charge on any atom is -0.465 e. The van der Waals surface area contributed by atoms with Crippen molar-refractivity contribution in [3.8, 4) is 0 Å². The Hall–Kier alpha value is -1.27. The van der Waals surface area contributed by atoms with Crippen molar-refractivity contribution >= 4 is 11.9 Å². The van der Waals surface area contributed by atoms with Crippen LogP contribution in [0.15, 0.2) is 0 Å². The van der Waals surface area contributed by atoms with Gasteiger partial charge >= 0.3 is 12.1 Å². The third-order valence-electron chi connectivity index (χ3n) is 1.90. The molecule has 0 aromatic carbocycles. The van der Waals surface area contributed by atoms with Crippen LogP contribution in [0.1, 0.15) is 27.2 Å². The molecule has 7 heteroatoms. The van der Waals surface area contributed by atoms with Crippen molar-refractivity contribution in [1.82, 2.24) is 4.90 Å². The third-order valence-corrected chi connectivity index (χ3v) is 1.90. The zero-order valence-electron chi connectivity index (χ0n) is 10.0. The maximum Gasteiger partial charge on any atom is 0.397 e. The fourth-order valence-corrected chi connectivity index (χ4v) is 1.18. The molecule has 0 atom stereocenters. The van der Waals surface area contributed by atoms with Gasteiger partial charge in [0.2, 0.25) is 5.91 Å². The lowest BCUT2D eigenvalue weighted by Crippen LogP contribution is -2.42. The van der Waals surface area contributed by atoms with Gasteiger partial charge in [0.1, 0.15) is 13.0 Å². The Labute approximate surface area is 97.7 Å². The summed E-state index contributed by atoms with van der Waals surface area (Å²) in [4.78, 5) is 23.3. The summed E-state index contributed by atoms with van der Waals surface area (Å²) in [5.41, 5.74) is 0. The summed E-state index contributed by atoms with van der Waals surface area (Å²) in [5.74, 6) is -1.84. The van der Waals surface area contributed by atoms with Gasteiger partial charge in [-0.05, 0) is 20.8 Å². The maximum absolute atomic E-state index is 12.1. The Balaban J connectivity index is 4.53. The van der Waals surface area contributed by atoms with Crippen molar-refractivity contribution in [2.45, 2.75) is 39.4 Å². The molecule has 0 aromatic rings. The first-order valence-electron chi connectivity index (χ1n) is 5.19. The second kappa shape index (κ2) is 6.46. The highest BCUT2D eigenvalue weighted by atomic mass is 19.4. The highest BCUT2D eigenvalue weighted by Crippen LogP contribution is 2.21. The van der Waals surface area contributed by atoms with Crippen LogP contribution in [0.2, 0.25) is 0 Å². The van der Waals surface area contributed by atoms with Gasteiger partial charge in [0, 0.05) is 6.04 Å². The molecule has 0 spiro atoms.